The smallest absolute Gasteiger partial charge is 0.115 e. The van der Waals surface area contributed by atoms with Gasteiger partial charge in [0.2, 0.25) is 0 Å². The molecule has 0 aliphatic heterocycles. The van der Waals surface area contributed by atoms with E-state index in [4.69, 9.17) is 14.9 Å². The van der Waals surface area contributed by atoms with Crippen molar-refractivity contribution < 1.29 is 14.9 Å². The number of ether oxygens (including phenoxy) is 1. The highest BCUT2D eigenvalue weighted by Gasteiger charge is 1.98. The molecular weight excluding hydrogens is 180 g/mol. The van der Waals surface area contributed by atoms with E-state index in [1.807, 2.05) is 30.3 Å². The van der Waals surface area contributed by atoms with E-state index in [0.717, 1.165) is 5.56 Å². The Hall–Kier alpha value is -1.32. The zero-order valence-electron chi connectivity index (χ0n) is 7.84. The summed E-state index contributed by atoms with van der Waals surface area (Å²) in [7, 11) is 0. The molecule has 14 heavy (non-hydrogen) atoms. The number of benzene rings is 1. The molecular formula is C11H14O3. The van der Waals surface area contributed by atoms with Crippen molar-refractivity contribution in [3.05, 3.63) is 42.2 Å². The molecule has 0 spiro atoms. The molecule has 0 heterocycles. The molecule has 0 bridgehead atoms. The summed E-state index contributed by atoms with van der Waals surface area (Å²) in [6, 6.07) is 9.70. The fraction of sp³-hybridized carbons (Fsp3) is 0.273. The Morgan fingerprint density at radius 2 is 2.00 bits per heavy atom. The van der Waals surface area contributed by atoms with Crippen LogP contribution in [0.4, 0.5) is 0 Å². The maximum atomic E-state index is 8.95. The van der Waals surface area contributed by atoms with Crippen molar-refractivity contribution in [1.82, 2.24) is 0 Å². The topological polar surface area (TPSA) is 49.7 Å². The summed E-state index contributed by atoms with van der Waals surface area (Å²) in [6.07, 6.45) is 2.49. The Bertz CT molecular complexity index is 269. The van der Waals surface area contributed by atoms with Crippen LogP contribution in [-0.4, -0.2) is 29.5 Å². The van der Waals surface area contributed by atoms with Crippen molar-refractivity contribution in [3.8, 4) is 0 Å². The lowest BCUT2D eigenvalue weighted by Gasteiger charge is -2.05. The molecule has 0 saturated heterocycles. The van der Waals surface area contributed by atoms with Crippen LogP contribution < -0.4 is 0 Å². The van der Waals surface area contributed by atoms with Gasteiger partial charge in [-0.3, -0.25) is 0 Å². The zero-order valence-corrected chi connectivity index (χ0v) is 7.84. The van der Waals surface area contributed by atoms with Gasteiger partial charge >= 0.3 is 0 Å². The highest BCUT2D eigenvalue weighted by atomic mass is 16.5. The number of hydrogen-bond donors (Lipinski definition) is 2. The lowest BCUT2D eigenvalue weighted by Crippen LogP contribution is -2.17. The van der Waals surface area contributed by atoms with Gasteiger partial charge in [0.15, 0.2) is 0 Å². The van der Waals surface area contributed by atoms with Gasteiger partial charge in [0.25, 0.3) is 0 Å². The molecule has 0 aromatic heterocycles. The van der Waals surface area contributed by atoms with Crippen LogP contribution in [0.15, 0.2) is 36.6 Å². The predicted octanol–water partition coefficient (Wildman–Crippen LogP) is 1.03. The van der Waals surface area contributed by atoms with Crippen molar-refractivity contribution in [2.24, 2.45) is 0 Å². The van der Waals surface area contributed by atoms with Crippen molar-refractivity contribution in [3.63, 3.8) is 0 Å². The minimum atomic E-state index is -0.810. The standard InChI is InChI=1S/C11H14O3/c12-8-11(13)9-14-7-6-10-4-2-1-3-5-10/h1-7,11-13H,8-9H2. The summed E-state index contributed by atoms with van der Waals surface area (Å²) in [5, 5.41) is 17.4. The second kappa shape index (κ2) is 6.18. The van der Waals surface area contributed by atoms with E-state index in [2.05, 4.69) is 0 Å². The Balaban J connectivity index is 2.28. The van der Waals surface area contributed by atoms with Crippen LogP contribution >= 0.6 is 0 Å². The molecule has 1 rings (SSSR count). The lowest BCUT2D eigenvalue weighted by atomic mass is 10.2. The minimum Gasteiger partial charge on any atom is -0.498 e. The molecule has 2 N–H and O–H groups in total. The summed E-state index contributed by atoms with van der Waals surface area (Å²) >= 11 is 0. The highest BCUT2D eigenvalue weighted by molar-refractivity contribution is 5.47. The highest BCUT2D eigenvalue weighted by Crippen LogP contribution is 2.00. The van der Waals surface area contributed by atoms with Crippen molar-refractivity contribution in [2.75, 3.05) is 13.2 Å². The molecule has 1 atom stereocenters. The molecule has 0 aliphatic carbocycles. The number of aliphatic hydroxyl groups is 2. The second-order valence-corrected chi connectivity index (χ2v) is 2.88. The largest absolute Gasteiger partial charge is 0.498 e. The second-order valence-electron chi connectivity index (χ2n) is 2.88. The Morgan fingerprint density at radius 3 is 2.64 bits per heavy atom. The zero-order chi connectivity index (χ0) is 10.2. The Morgan fingerprint density at radius 1 is 1.29 bits per heavy atom. The van der Waals surface area contributed by atoms with Crippen molar-refractivity contribution in [1.29, 1.82) is 0 Å². The molecule has 76 valence electrons. The van der Waals surface area contributed by atoms with Crippen LogP contribution in [0.5, 0.6) is 0 Å². The van der Waals surface area contributed by atoms with E-state index < -0.39 is 6.10 Å². The summed E-state index contributed by atoms with van der Waals surface area (Å²) in [4.78, 5) is 0. The molecule has 1 aromatic carbocycles. The average Bonchev–Trinajstić information content (AvgIpc) is 2.25. The monoisotopic (exact) mass is 194 g/mol. The number of rotatable bonds is 5. The molecule has 0 fully saturated rings. The van der Waals surface area contributed by atoms with E-state index >= 15 is 0 Å². The fourth-order valence-electron chi connectivity index (χ4n) is 0.910. The number of aliphatic hydroxyl groups excluding tert-OH is 2. The summed E-state index contributed by atoms with van der Waals surface area (Å²) in [6.45, 7) is -0.168. The van der Waals surface area contributed by atoms with E-state index in [9.17, 15) is 0 Å². The third-order valence-electron chi connectivity index (χ3n) is 1.66. The van der Waals surface area contributed by atoms with Gasteiger partial charge in [-0.2, -0.15) is 0 Å². The van der Waals surface area contributed by atoms with Gasteiger partial charge in [0.05, 0.1) is 12.9 Å². The van der Waals surface area contributed by atoms with Gasteiger partial charge < -0.3 is 14.9 Å². The fourth-order valence-corrected chi connectivity index (χ4v) is 0.910. The third kappa shape index (κ3) is 4.07. The SMILES string of the molecule is OCC(O)COC=Cc1ccccc1. The predicted molar refractivity (Wildman–Crippen MR) is 54.5 cm³/mol. The first-order chi connectivity index (χ1) is 6.83. The molecule has 1 aromatic rings. The van der Waals surface area contributed by atoms with E-state index in [1.54, 1.807) is 6.08 Å². The van der Waals surface area contributed by atoms with E-state index in [1.165, 1.54) is 6.26 Å². The van der Waals surface area contributed by atoms with Gasteiger partial charge in [0.1, 0.15) is 12.7 Å². The molecule has 0 radical (unpaired) electrons. The van der Waals surface area contributed by atoms with Crippen molar-refractivity contribution >= 4 is 6.08 Å². The lowest BCUT2D eigenvalue weighted by molar-refractivity contribution is 0.0389. The van der Waals surface area contributed by atoms with Crippen LogP contribution in [-0.2, 0) is 4.74 Å². The number of hydrogen-bond acceptors (Lipinski definition) is 3. The van der Waals surface area contributed by atoms with E-state index in [-0.39, 0.29) is 13.2 Å². The summed E-state index contributed by atoms with van der Waals surface area (Å²) in [5.41, 5.74) is 1.03. The molecule has 0 amide bonds. The van der Waals surface area contributed by atoms with Crippen LogP contribution in [0.2, 0.25) is 0 Å². The quantitative estimate of drug-likeness (QED) is 0.688. The van der Waals surface area contributed by atoms with Crippen molar-refractivity contribution in [2.45, 2.75) is 6.10 Å². The molecule has 3 heteroatoms. The van der Waals surface area contributed by atoms with Gasteiger partial charge in [-0.05, 0) is 11.6 Å². The Kier molecular flexibility index (Phi) is 4.75. The van der Waals surface area contributed by atoms with Gasteiger partial charge in [-0.25, -0.2) is 0 Å². The van der Waals surface area contributed by atoms with Crippen LogP contribution in [0.3, 0.4) is 0 Å². The summed E-state index contributed by atoms with van der Waals surface area (Å²) in [5.74, 6) is 0. The molecule has 3 nitrogen and oxygen atoms in total. The van der Waals surface area contributed by atoms with Gasteiger partial charge in [-0.15, -0.1) is 0 Å². The van der Waals surface area contributed by atoms with Crippen LogP contribution in [0, 0.1) is 0 Å². The first-order valence-electron chi connectivity index (χ1n) is 4.45. The molecule has 0 saturated carbocycles. The minimum absolute atomic E-state index is 0.111. The van der Waals surface area contributed by atoms with Crippen LogP contribution in [0.1, 0.15) is 5.56 Å². The first kappa shape index (κ1) is 10.8. The molecule has 1 unspecified atom stereocenters. The van der Waals surface area contributed by atoms with Gasteiger partial charge in [0, 0.05) is 0 Å². The van der Waals surface area contributed by atoms with E-state index in [0.29, 0.717) is 0 Å². The van der Waals surface area contributed by atoms with Crippen LogP contribution in [0.25, 0.3) is 6.08 Å². The normalized spacial score (nSPS) is 13.0. The average molecular weight is 194 g/mol. The molecule has 0 aliphatic rings. The first-order valence-corrected chi connectivity index (χ1v) is 4.45. The Labute approximate surface area is 83.3 Å². The summed E-state index contributed by atoms with van der Waals surface area (Å²) < 4.78 is 5.00. The maximum absolute atomic E-state index is 8.95. The van der Waals surface area contributed by atoms with Gasteiger partial charge in [-0.1, -0.05) is 30.3 Å². The maximum Gasteiger partial charge on any atom is 0.115 e. The third-order valence-corrected chi connectivity index (χ3v) is 1.66.